The maximum Gasteiger partial charge on any atom is 0.255 e. The number of carbonyl (C=O) groups is 1. The predicted octanol–water partition coefficient (Wildman–Crippen LogP) is 4.50. The van der Waals surface area contributed by atoms with Gasteiger partial charge < -0.3 is 10.4 Å². The number of halogens is 3. The molecule has 3 aliphatic carbocycles. The summed E-state index contributed by atoms with van der Waals surface area (Å²) in [7, 11) is -3.83. The number of benzene rings is 2. The van der Waals surface area contributed by atoms with Crippen molar-refractivity contribution in [2.75, 3.05) is 5.32 Å². The quantitative estimate of drug-likeness (QED) is 0.690. The van der Waals surface area contributed by atoms with Crippen molar-refractivity contribution in [2.45, 2.75) is 48.9 Å². The third kappa shape index (κ3) is 3.75. The number of hydrogen-bond donors (Lipinski definition) is 2. The fraction of sp³-hybridized carbons (Fsp3) is 0.409. The summed E-state index contributed by atoms with van der Waals surface area (Å²) in [6.45, 7) is 3.11. The highest BCUT2D eigenvalue weighted by atomic mass is 35.5. The zero-order valence-corrected chi connectivity index (χ0v) is 18.5. The molecule has 166 valence electrons. The molecule has 2 atom stereocenters. The molecule has 0 saturated heterocycles. The minimum atomic E-state index is -3.83. The standard InChI is InChI=1S/C22H22ClF2NO4S/c1-11-5-15(10-18(24)20(11)25)26-21(27)12-3-4-17(23)19(6-12)31(29,30)16-8-13-7-14(9-16)22(13,2)28/h3-6,10,13-14,16,28H,7-9H2,1-2H3,(H,26,27). The number of carbonyl (C=O) groups excluding carboxylic acids is 1. The Balaban J connectivity index is 1.59. The van der Waals surface area contributed by atoms with Crippen LogP contribution in [0, 0.1) is 30.4 Å². The zero-order valence-electron chi connectivity index (χ0n) is 17.0. The molecule has 1 amide bonds. The number of rotatable bonds is 4. The molecule has 5 nitrogen and oxygen atoms in total. The first-order valence-electron chi connectivity index (χ1n) is 9.94. The number of aliphatic hydroxyl groups is 1. The Bertz CT molecular complexity index is 1150. The van der Waals surface area contributed by atoms with Gasteiger partial charge in [0.2, 0.25) is 0 Å². The van der Waals surface area contributed by atoms with Gasteiger partial charge in [-0.15, -0.1) is 0 Å². The van der Waals surface area contributed by atoms with Gasteiger partial charge in [0.25, 0.3) is 5.91 Å². The van der Waals surface area contributed by atoms with Crippen LogP contribution in [0.15, 0.2) is 35.2 Å². The molecule has 0 heterocycles. The molecule has 2 N–H and O–H groups in total. The smallest absolute Gasteiger partial charge is 0.255 e. The molecule has 31 heavy (non-hydrogen) atoms. The number of aryl methyl sites for hydroxylation is 1. The maximum atomic E-state index is 13.6. The average molecular weight is 470 g/mol. The molecule has 5 rings (SSSR count). The topological polar surface area (TPSA) is 83.5 Å². The minimum Gasteiger partial charge on any atom is -0.390 e. The molecule has 0 aromatic heterocycles. The first-order chi connectivity index (χ1) is 14.4. The number of hydrogen-bond acceptors (Lipinski definition) is 4. The fourth-order valence-electron chi connectivity index (χ4n) is 4.69. The van der Waals surface area contributed by atoms with Crippen molar-refractivity contribution in [1.82, 2.24) is 0 Å². The lowest BCUT2D eigenvalue weighted by Gasteiger charge is -2.56. The van der Waals surface area contributed by atoms with Crippen LogP contribution >= 0.6 is 11.6 Å². The highest BCUT2D eigenvalue weighted by Gasteiger charge is 2.57. The first-order valence-corrected chi connectivity index (χ1v) is 11.9. The van der Waals surface area contributed by atoms with Crippen LogP contribution in [0.3, 0.4) is 0 Å². The van der Waals surface area contributed by atoms with E-state index in [0.717, 1.165) is 12.5 Å². The zero-order chi connectivity index (χ0) is 22.7. The van der Waals surface area contributed by atoms with Crippen LogP contribution in [0.4, 0.5) is 14.5 Å². The Morgan fingerprint density at radius 2 is 1.81 bits per heavy atom. The highest BCUT2D eigenvalue weighted by molar-refractivity contribution is 7.92. The van der Waals surface area contributed by atoms with Crippen LogP contribution in [0.5, 0.6) is 0 Å². The third-order valence-electron chi connectivity index (χ3n) is 6.72. The fourth-order valence-corrected chi connectivity index (χ4v) is 7.09. The molecule has 3 saturated carbocycles. The van der Waals surface area contributed by atoms with E-state index in [-0.39, 0.29) is 38.6 Å². The molecule has 2 aromatic rings. The van der Waals surface area contributed by atoms with Gasteiger partial charge in [-0.25, -0.2) is 17.2 Å². The third-order valence-corrected chi connectivity index (χ3v) is 9.38. The molecule has 9 heteroatoms. The number of nitrogens with one attached hydrogen (secondary N) is 1. The van der Waals surface area contributed by atoms with E-state index >= 15 is 0 Å². The van der Waals surface area contributed by atoms with Gasteiger partial charge in [-0.1, -0.05) is 11.6 Å². The van der Waals surface area contributed by atoms with Crippen molar-refractivity contribution in [3.05, 3.63) is 58.1 Å². The van der Waals surface area contributed by atoms with E-state index < -0.39 is 38.2 Å². The lowest BCUT2D eigenvalue weighted by molar-refractivity contribution is -0.162. The normalized spacial score (nSPS) is 27.5. The summed E-state index contributed by atoms with van der Waals surface area (Å²) in [5, 5.41) is 12.2. The number of anilines is 1. The second kappa shape index (κ2) is 7.53. The Labute approximate surface area is 184 Å². The number of amides is 1. The van der Waals surface area contributed by atoms with Gasteiger partial charge in [0, 0.05) is 17.3 Å². The second-order valence-electron chi connectivity index (χ2n) is 8.68. The Hall–Kier alpha value is -2.03. The van der Waals surface area contributed by atoms with Crippen molar-refractivity contribution in [1.29, 1.82) is 0 Å². The predicted molar refractivity (Wildman–Crippen MR) is 113 cm³/mol. The van der Waals surface area contributed by atoms with Gasteiger partial charge in [-0.3, -0.25) is 4.79 Å². The van der Waals surface area contributed by atoms with Crippen LogP contribution < -0.4 is 5.32 Å². The molecule has 0 spiro atoms. The van der Waals surface area contributed by atoms with E-state index in [2.05, 4.69) is 5.32 Å². The summed E-state index contributed by atoms with van der Waals surface area (Å²) >= 11 is 6.18. The van der Waals surface area contributed by atoms with Gasteiger partial charge in [-0.2, -0.15) is 0 Å². The monoisotopic (exact) mass is 469 g/mol. The molecular weight excluding hydrogens is 448 g/mol. The van der Waals surface area contributed by atoms with Gasteiger partial charge in [0.1, 0.15) is 0 Å². The minimum absolute atomic E-state index is 0.00577. The number of sulfone groups is 1. The van der Waals surface area contributed by atoms with Crippen LogP contribution in [-0.2, 0) is 9.84 Å². The van der Waals surface area contributed by atoms with Crippen molar-refractivity contribution in [3.8, 4) is 0 Å². The van der Waals surface area contributed by atoms with Crippen molar-refractivity contribution < 1.29 is 27.1 Å². The molecule has 2 unspecified atom stereocenters. The molecule has 3 aliphatic rings. The highest BCUT2D eigenvalue weighted by Crippen LogP contribution is 2.55. The molecule has 2 aromatic carbocycles. The maximum absolute atomic E-state index is 13.6. The van der Waals surface area contributed by atoms with E-state index in [0.29, 0.717) is 12.8 Å². The lowest BCUT2D eigenvalue weighted by atomic mass is 9.54. The van der Waals surface area contributed by atoms with Crippen molar-refractivity contribution >= 4 is 33.0 Å². The van der Waals surface area contributed by atoms with Gasteiger partial charge in [0.05, 0.1) is 20.8 Å². The summed E-state index contributed by atoms with van der Waals surface area (Å²) in [6.07, 6.45) is 1.49. The lowest BCUT2D eigenvalue weighted by Crippen LogP contribution is -2.60. The van der Waals surface area contributed by atoms with E-state index in [1.165, 1.54) is 31.2 Å². The summed E-state index contributed by atoms with van der Waals surface area (Å²) < 4.78 is 53.6. The van der Waals surface area contributed by atoms with E-state index in [1.807, 2.05) is 0 Å². The molecule has 0 radical (unpaired) electrons. The summed E-state index contributed by atoms with van der Waals surface area (Å²) in [6, 6.07) is 6.04. The summed E-state index contributed by atoms with van der Waals surface area (Å²) in [4.78, 5) is 12.5. The Kier molecular flexibility index (Phi) is 5.39. The van der Waals surface area contributed by atoms with Gasteiger partial charge in [0.15, 0.2) is 21.5 Å². The Morgan fingerprint density at radius 3 is 2.39 bits per heavy atom. The largest absolute Gasteiger partial charge is 0.390 e. The van der Waals surface area contributed by atoms with Crippen LogP contribution in [0.2, 0.25) is 5.02 Å². The molecule has 2 bridgehead atoms. The summed E-state index contributed by atoms with van der Waals surface area (Å²) in [5.41, 5.74) is -0.727. The van der Waals surface area contributed by atoms with E-state index in [4.69, 9.17) is 11.6 Å². The van der Waals surface area contributed by atoms with E-state index in [1.54, 1.807) is 6.92 Å². The molecule has 3 fully saturated rings. The second-order valence-corrected chi connectivity index (χ2v) is 11.3. The SMILES string of the molecule is Cc1cc(NC(=O)c2ccc(Cl)c(S(=O)(=O)C3CC4CC(C3)C4(C)O)c2)cc(F)c1F. The van der Waals surface area contributed by atoms with Crippen LogP contribution in [-0.4, -0.2) is 30.3 Å². The average Bonchev–Trinajstić information content (AvgIpc) is 2.72. The van der Waals surface area contributed by atoms with Crippen molar-refractivity contribution in [2.24, 2.45) is 11.8 Å². The van der Waals surface area contributed by atoms with Crippen LogP contribution in [0.1, 0.15) is 42.1 Å². The molecule has 0 aliphatic heterocycles. The Morgan fingerprint density at radius 1 is 1.16 bits per heavy atom. The van der Waals surface area contributed by atoms with Gasteiger partial charge in [-0.05, 0) is 74.8 Å². The first kappa shape index (κ1) is 22.2. The summed E-state index contributed by atoms with van der Waals surface area (Å²) in [5.74, 6) is -2.92. The molecular formula is C22H22ClF2NO4S. The number of fused-ring (bicyclic) bond motifs is 2. The van der Waals surface area contributed by atoms with E-state index in [9.17, 15) is 27.1 Å². The van der Waals surface area contributed by atoms with Crippen molar-refractivity contribution in [3.63, 3.8) is 0 Å². The van der Waals surface area contributed by atoms with Gasteiger partial charge >= 0.3 is 0 Å². The van der Waals surface area contributed by atoms with Crippen LogP contribution in [0.25, 0.3) is 0 Å².